The fourth-order valence-electron chi connectivity index (χ4n) is 2.65. The van der Waals surface area contributed by atoms with Crippen LogP contribution < -0.4 is 5.32 Å². The number of nitriles is 1. The van der Waals surface area contributed by atoms with Crippen molar-refractivity contribution in [1.29, 1.82) is 5.26 Å². The van der Waals surface area contributed by atoms with Crippen LogP contribution in [0.5, 0.6) is 0 Å². The van der Waals surface area contributed by atoms with Gasteiger partial charge in [-0.3, -0.25) is 0 Å². The molecule has 0 aromatic heterocycles. The van der Waals surface area contributed by atoms with E-state index in [9.17, 15) is 0 Å². The molecule has 0 fully saturated rings. The van der Waals surface area contributed by atoms with E-state index < -0.39 is 0 Å². The number of fused-ring (bicyclic) bond motifs is 3. The van der Waals surface area contributed by atoms with Crippen LogP contribution in [0.15, 0.2) is 48.5 Å². The van der Waals surface area contributed by atoms with Crippen LogP contribution in [-0.4, -0.2) is 6.54 Å². The van der Waals surface area contributed by atoms with Crippen molar-refractivity contribution in [2.45, 2.75) is 12.5 Å². The summed E-state index contributed by atoms with van der Waals surface area (Å²) >= 11 is 0. The van der Waals surface area contributed by atoms with Crippen molar-refractivity contribution in [3.05, 3.63) is 59.7 Å². The van der Waals surface area contributed by atoms with E-state index in [0.717, 1.165) is 6.54 Å². The summed E-state index contributed by atoms with van der Waals surface area (Å²) in [4.78, 5) is 0. The van der Waals surface area contributed by atoms with Crippen LogP contribution in [0.4, 0.5) is 0 Å². The third-order valence-electron chi connectivity index (χ3n) is 3.42. The van der Waals surface area contributed by atoms with Crippen molar-refractivity contribution < 1.29 is 0 Å². The maximum absolute atomic E-state index is 8.64. The number of nitrogens with zero attached hydrogens (tertiary/aromatic N) is 1. The van der Waals surface area contributed by atoms with Gasteiger partial charge in [-0.05, 0) is 22.3 Å². The molecule has 2 heteroatoms. The quantitative estimate of drug-likeness (QED) is 0.827. The van der Waals surface area contributed by atoms with Gasteiger partial charge in [0, 0.05) is 13.0 Å². The molecule has 1 aliphatic rings. The Kier molecular flexibility index (Phi) is 2.84. The van der Waals surface area contributed by atoms with Crippen LogP contribution in [0.25, 0.3) is 11.1 Å². The summed E-state index contributed by atoms with van der Waals surface area (Å²) in [6.45, 7) is 0.726. The highest BCUT2D eigenvalue weighted by atomic mass is 14.9. The molecule has 0 spiro atoms. The van der Waals surface area contributed by atoms with E-state index in [2.05, 4.69) is 59.9 Å². The Morgan fingerprint density at radius 1 is 0.944 bits per heavy atom. The molecule has 0 saturated heterocycles. The first-order valence-corrected chi connectivity index (χ1v) is 6.20. The van der Waals surface area contributed by atoms with Crippen LogP contribution in [0.3, 0.4) is 0 Å². The summed E-state index contributed by atoms with van der Waals surface area (Å²) in [5.41, 5.74) is 5.25. The molecule has 0 atom stereocenters. The highest BCUT2D eigenvalue weighted by Gasteiger charge is 2.26. The maximum atomic E-state index is 8.64. The van der Waals surface area contributed by atoms with Gasteiger partial charge in [0.15, 0.2) is 0 Å². The van der Waals surface area contributed by atoms with E-state index in [1.165, 1.54) is 22.3 Å². The van der Waals surface area contributed by atoms with Crippen molar-refractivity contribution >= 4 is 0 Å². The number of benzene rings is 2. The number of nitrogens with one attached hydrogen (secondary N) is 1. The predicted octanol–water partition coefficient (Wildman–Crippen LogP) is 3.26. The van der Waals surface area contributed by atoms with Gasteiger partial charge in [-0.1, -0.05) is 48.5 Å². The molecule has 2 aromatic carbocycles. The molecule has 0 amide bonds. The van der Waals surface area contributed by atoms with Crippen LogP contribution in [0.2, 0.25) is 0 Å². The largest absolute Gasteiger partial charge is 0.305 e. The van der Waals surface area contributed by atoms with Gasteiger partial charge in [0.25, 0.3) is 0 Å². The van der Waals surface area contributed by atoms with E-state index in [1.807, 2.05) is 0 Å². The minimum absolute atomic E-state index is 0.228. The zero-order valence-corrected chi connectivity index (χ0v) is 10.1. The Morgan fingerprint density at radius 2 is 1.50 bits per heavy atom. The summed E-state index contributed by atoms with van der Waals surface area (Å²) in [6.07, 6.45) is 0.542. The number of rotatable bonds is 3. The Bertz CT molecular complexity index is 565. The molecule has 88 valence electrons. The first-order chi connectivity index (χ1) is 8.92. The zero-order chi connectivity index (χ0) is 12.4. The van der Waals surface area contributed by atoms with E-state index >= 15 is 0 Å². The normalized spacial score (nSPS) is 12.8. The summed E-state index contributed by atoms with van der Waals surface area (Å²) in [7, 11) is 0. The van der Waals surface area contributed by atoms with Crippen LogP contribution in [0, 0.1) is 11.3 Å². The molecular weight excluding hydrogens is 220 g/mol. The molecule has 3 rings (SSSR count). The molecule has 18 heavy (non-hydrogen) atoms. The molecular formula is C16H14N2. The topological polar surface area (TPSA) is 35.8 Å². The average Bonchev–Trinajstić information content (AvgIpc) is 2.74. The molecule has 1 aliphatic carbocycles. The predicted molar refractivity (Wildman–Crippen MR) is 72.0 cm³/mol. The van der Waals surface area contributed by atoms with Gasteiger partial charge in [-0.2, -0.15) is 5.26 Å². The second-order valence-corrected chi connectivity index (χ2v) is 4.47. The molecule has 2 nitrogen and oxygen atoms in total. The van der Waals surface area contributed by atoms with Crippen LogP contribution in [-0.2, 0) is 0 Å². The van der Waals surface area contributed by atoms with Crippen molar-refractivity contribution in [2.75, 3.05) is 6.54 Å². The summed E-state index contributed by atoms with van der Waals surface area (Å²) < 4.78 is 0. The van der Waals surface area contributed by atoms with Crippen LogP contribution in [0.1, 0.15) is 23.6 Å². The van der Waals surface area contributed by atoms with E-state index in [1.54, 1.807) is 0 Å². The van der Waals surface area contributed by atoms with Gasteiger partial charge < -0.3 is 5.32 Å². The molecule has 0 bridgehead atoms. The van der Waals surface area contributed by atoms with Crippen molar-refractivity contribution in [3.8, 4) is 17.2 Å². The van der Waals surface area contributed by atoms with Crippen molar-refractivity contribution in [1.82, 2.24) is 5.32 Å². The monoisotopic (exact) mass is 234 g/mol. The summed E-state index contributed by atoms with van der Waals surface area (Å²) in [5.74, 6) is 0. The lowest BCUT2D eigenvalue weighted by Gasteiger charge is -2.14. The first kappa shape index (κ1) is 11.0. The molecule has 0 aliphatic heterocycles. The molecule has 1 N–H and O–H groups in total. The van der Waals surface area contributed by atoms with E-state index in [0.29, 0.717) is 6.42 Å². The Labute approximate surface area is 107 Å². The van der Waals surface area contributed by atoms with Crippen molar-refractivity contribution in [3.63, 3.8) is 0 Å². The Morgan fingerprint density at radius 3 is 2.06 bits per heavy atom. The lowest BCUT2D eigenvalue weighted by Crippen LogP contribution is -2.21. The third-order valence-corrected chi connectivity index (χ3v) is 3.42. The minimum atomic E-state index is 0.228. The van der Waals surface area contributed by atoms with Gasteiger partial charge in [0.05, 0.1) is 12.1 Å². The van der Waals surface area contributed by atoms with E-state index in [-0.39, 0.29) is 6.04 Å². The lowest BCUT2D eigenvalue weighted by atomic mass is 10.1. The summed E-state index contributed by atoms with van der Waals surface area (Å²) in [5, 5.41) is 12.1. The second-order valence-electron chi connectivity index (χ2n) is 4.47. The molecule has 0 saturated carbocycles. The molecule has 0 heterocycles. The molecule has 0 unspecified atom stereocenters. The van der Waals surface area contributed by atoms with Gasteiger partial charge in [-0.25, -0.2) is 0 Å². The second kappa shape index (κ2) is 4.64. The first-order valence-electron chi connectivity index (χ1n) is 6.20. The van der Waals surface area contributed by atoms with Gasteiger partial charge >= 0.3 is 0 Å². The SMILES string of the molecule is N#CCCNC1c2ccccc2-c2ccccc21. The van der Waals surface area contributed by atoms with Gasteiger partial charge in [-0.15, -0.1) is 0 Å². The molecule has 2 aromatic rings. The number of hydrogen-bond acceptors (Lipinski definition) is 2. The van der Waals surface area contributed by atoms with Gasteiger partial charge in [0.1, 0.15) is 0 Å². The smallest absolute Gasteiger partial charge is 0.0635 e. The standard InChI is InChI=1S/C16H14N2/c17-10-5-11-18-16-14-8-3-1-6-12(14)13-7-2-4-9-15(13)16/h1-4,6-9,16,18H,5,11H2. The highest BCUT2D eigenvalue weighted by Crippen LogP contribution is 2.42. The van der Waals surface area contributed by atoms with Gasteiger partial charge in [0.2, 0.25) is 0 Å². The minimum Gasteiger partial charge on any atom is -0.305 e. The fourth-order valence-corrected chi connectivity index (χ4v) is 2.65. The Balaban J connectivity index is 2.01. The maximum Gasteiger partial charge on any atom is 0.0635 e. The zero-order valence-electron chi connectivity index (χ0n) is 10.1. The lowest BCUT2D eigenvalue weighted by molar-refractivity contribution is 0.623. The third kappa shape index (κ3) is 1.70. The van der Waals surface area contributed by atoms with Crippen molar-refractivity contribution in [2.24, 2.45) is 0 Å². The average molecular weight is 234 g/mol. The highest BCUT2D eigenvalue weighted by molar-refractivity contribution is 5.78. The summed E-state index contributed by atoms with van der Waals surface area (Å²) in [6, 6.07) is 19.4. The fraction of sp³-hybridized carbons (Fsp3) is 0.188. The Hall–Kier alpha value is -2.11. The van der Waals surface area contributed by atoms with E-state index in [4.69, 9.17) is 5.26 Å². The van der Waals surface area contributed by atoms with Crippen LogP contribution >= 0.6 is 0 Å². The number of hydrogen-bond donors (Lipinski definition) is 1. The molecule has 0 radical (unpaired) electrons.